The summed E-state index contributed by atoms with van der Waals surface area (Å²) in [6, 6.07) is 5.18. The predicted molar refractivity (Wildman–Crippen MR) is 87.1 cm³/mol. The Morgan fingerprint density at radius 2 is 1.95 bits per heavy atom. The van der Waals surface area contributed by atoms with Gasteiger partial charge in [-0.3, -0.25) is 0 Å². The van der Waals surface area contributed by atoms with Gasteiger partial charge in [-0.2, -0.15) is 0 Å². The number of nitrogens with one attached hydrogen (secondary N) is 1. The van der Waals surface area contributed by atoms with Crippen LogP contribution in [0.1, 0.15) is 50.8 Å². The summed E-state index contributed by atoms with van der Waals surface area (Å²) >= 11 is 1.94. The van der Waals surface area contributed by atoms with Crippen LogP contribution in [-0.2, 0) is 12.0 Å². The molecule has 0 saturated carbocycles. The van der Waals surface area contributed by atoms with Crippen molar-refractivity contribution in [3.63, 3.8) is 0 Å². The zero-order valence-corrected chi connectivity index (χ0v) is 14.2. The molecule has 1 N–H and O–H groups in total. The quantitative estimate of drug-likeness (QED) is 0.764. The molecule has 0 fully saturated rings. The number of hydrogen-bond acceptors (Lipinski definition) is 3. The van der Waals surface area contributed by atoms with E-state index in [1.807, 2.05) is 11.3 Å². The monoisotopic (exact) mass is 282 g/mol. The van der Waals surface area contributed by atoms with Crippen molar-refractivity contribution in [2.45, 2.75) is 59.0 Å². The summed E-state index contributed by atoms with van der Waals surface area (Å²) < 4.78 is 0. The van der Waals surface area contributed by atoms with Gasteiger partial charge in [-0.1, -0.05) is 20.8 Å². The minimum atomic E-state index is 0.281. The Labute approximate surface area is 123 Å². The largest absolute Gasteiger partial charge is 0.312 e. The second kappa shape index (κ2) is 7.41. The summed E-state index contributed by atoms with van der Waals surface area (Å²) in [6.07, 6.45) is 1.21. The molecule has 0 amide bonds. The van der Waals surface area contributed by atoms with Crippen molar-refractivity contribution >= 4 is 11.3 Å². The molecule has 1 heterocycles. The molecule has 0 saturated heterocycles. The van der Waals surface area contributed by atoms with Crippen LogP contribution in [0.15, 0.2) is 12.1 Å². The summed E-state index contributed by atoms with van der Waals surface area (Å²) in [4.78, 5) is 5.32. The Balaban J connectivity index is 2.21. The lowest BCUT2D eigenvalue weighted by atomic mass is 9.95. The van der Waals surface area contributed by atoms with Crippen LogP contribution in [0, 0.1) is 0 Å². The number of rotatable bonds is 7. The SMILES string of the molecule is CC(C)N(C)CCCNCc1ccc(C(C)(C)C)s1. The number of hydrogen-bond donors (Lipinski definition) is 1. The van der Waals surface area contributed by atoms with E-state index in [-0.39, 0.29) is 5.41 Å². The van der Waals surface area contributed by atoms with Crippen molar-refractivity contribution in [2.24, 2.45) is 0 Å². The Morgan fingerprint density at radius 3 is 2.47 bits per heavy atom. The minimum Gasteiger partial charge on any atom is -0.312 e. The highest BCUT2D eigenvalue weighted by Crippen LogP contribution is 2.29. The third-order valence-corrected chi connectivity index (χ3v) is 4.96. The maximum absolute atomic E-state index is 3.54. The van der Waals surface area contributed by atoms with Crippen molar-refractivity contribution in [1.82, 2.24) is 10.2 Å². The summed E-state index contributed by atoms with van der Waals surface area (Å²) in [6.45, 7) is 14.6. The van der Waals surface area contributed by atoms with E-state index in [0.717, 1.165) is 13.1 Å². The molecular weight excluding hydrogens is 252 g/mol. The van der Waals surface area contributed by atoms with Gasteiger partial charge in [0.15, 0.2) is 0 Å². The maximum atomic E-state index is 3.54. The van der Waals surface area contributed by atoms with E-state index in [0.29, 0.717) is 6.04 Å². The van der Waals surface area contributed by atoms with Gasteiger partial charge >= 0.3 is 0 Å². The van der Waals surface area contributed by atoms with E-state index < -0.39 is 0 Å². The van der Waals surface area contributed by atoms with Crippen LogP contribution in [0.25, 0.3) is 0 Å². The molecule has 0 aliphatic heterocycles. The lowest BCUT2D eigenvalue weighted by Gasteiger charge is -2.20. The standard InChI is InChI=1S/C16H30N2S/c1-13(2)18(6)11-7-10-17-12-14-8-9-15(19-14)16(3,4)5/h8-9,13,17H,7,10-12H2,1-6H3. The van der Waals surface area contributed by atoms with Crippen LogP contribution in [-0.4, -0.2) is 31.1 Å². The van der Waals surface area contributed by atoms with E-state index in [1.165, 1.54) is 22.7 Å². The van der Waals surface area contributed by atoms with Crippen molar-refractivity contribution in [2.75, 3.05) is 20.1 Å². The molecule has 0 spiro atoms. The average molecular weight is 282 g/mol. The molecule has 1 aromatic rings. The molecular formula is C16H30N2S. The summed E-state index contributed by atoms with van der Waals surface area (Å²) in [5.74, 6) is 0. The first-order valence-electron chi connectivity index (χ1n) is 7.31. The Hall–Kier alpha value is -0.380. The minimum absolute atomic E-state index is 0.281. The first kappa shape index (κ1) is 16.7. The molecule has 0 radical (unpaired) electrons. The first-order chi connectivity index (χ1) is 8.80. The molecule has 0 aliphatic rings. The van der Waals surface area contributed by atoms with Crippen LogP contribution in [0.5, 0.6) is 0 Å². The summed E-state index contributed by atoms with van der Waals surface area (Å²) in [7, 11) is 2.19. The van der Waals surface area contributed by atoms with E-state index in [4.69, 9.17) is 0 Å². The van der Waals surface area contributed by atoms with Crippen molar-refractivity contribution in [3.8, 4) is 0 Å². The van der Waals surface area contributed by atoms with Crippen molar-refractivity contribution in [1.29, 1.82) is 0 Å². The van der Waals surface area contributed by atoms with Crippen LogP contribution in [0.2, 0.25) is 0 Å². The highest BCUT2D eigenvalue weighted by molar-refractivity contribution is 7.12. The zero-order chi connectivity index (χ0) is 14.5. The molecule has 0 aliphatic carbocycles. The molecule has 0 aromatic carbocycles. The second-order valence-corrected chi connectivity index (χ2v) is 7.79. The smallest absolute Gasteiger partial charge is 0.0299 e. The summed E-state index contributed by atoms with van der Waals surface area (Å²) in [5.41, 5.74) is 0.281. The normalized spacial score (nSPS) is 12.6. The molecule has 2 nitrogen and oxygen atoms in total. The Morgan fingerprint density at radius 1 is 1.26 bits per heavy atom. The van der Waals surface area contributed by atoms with Crippen LogP contribution in [0.3, 0.4) is 0 Å². The highest BCUT2D eigenvalue weighted by Gasteiger charge is 2.15. The number of nitrogens with zero attached hydrogens (tertiary/aromatic N) is 1. The maximum Gasteiger partial charge on any atom is 0.0299 e. The van der Waals surface area contributed by atoms with Gasteiger partial charge in [-0.05, 0) is 58.0 Å². The van der Waals surface area contributed by atoms with E-state index in [1.54, 1.807) is 0 Å². The molecule has 0 atom stereocenters. The second-order valence-electron chi connectivity index (χ2n) is 6.62. The van der Waals surface area contributed by atoms with Crippen LogP contribution in [0.4, 0.5) is 0 Å². The topological polar surface area (TPSA) is 15.3 Å². The molecule has 1 aromatic heterocycles. The molecule has 0 unspecified atom stereocenters. The Kier molecular flexibility index (Phi) is 6.51. The lowest BCUT2D eigenvalue weighted by molar-refractivity contribution is 0.269. The van der Waals surface area contributed by atoms with Gasteiger partial charge in [0, 0.05) is 22.3 Å². The number of thiophene rings is 1. The third-order valence-electron chi connectivity index (χ3n) is 3.45. The van der Waals surface area contributed by atoms with Gasteiger partial charge in [-0.15, -0.1) is 11.3 Å². The van der Waals surface area contributed by atoms with Gasteiger partial charge in [0.2, 0.25) is 0 Å². The Bertz CT molecular complexity index is 363. The first-order valence-corrected chi connectivity index (χ1v) is 8.12. The van der Waals surface area contributed by atoms with Gasteiger partial charge in [0.25, 0.3) is 0 Å². The van der Waals surface area contributed by atoms with Gasteiger partial charge in [0.05, 0.1) is 0 Å². The molecule has 110 valence electrons. The van der Waals surface area contributed by atoms with E-state index in [2.05, 4.69) is 64.0 Å². The highest BCUT2D eigenvalue weighted by atomic mass is 32.1. The molecule has 19 heavy (non-hydrogen) atoms. The van der Waals surface area contributed by atoms with Crippen molar-refractivity contribution in [3.05, 3.63) is 21.9 Å². The fourth-order valence-electron chi connectivity index (χ4n) is 1.80. The van der Waals surface area contributed by atoms with Gasteiger partial charge in [-0.25, -0.2) is 0 Å². The summed E-state index contributed by atoms with van der Waals surface area (Å²) in [5, 5.41) is 3.54. The molecule has 0 bridgehead atoms. The average Bonchev–Trinajstić information content (AvgIpc) is 2.76. The molecule has 3 heteroatoms. The van der Waals surface area contributed by atoms with Crippen LogP contribution >= 0.6 is 11.3 Å². The van der Waals surface area contributed by atoms with Crippen LogP contribution < -0.4 is 5.32 Å². The van der Waals surface area contributed by atoms with Gasteiger partial charge < -0.3 is 10.2 Å². The van der Waals surface area contributed by atoms with Gasteiger partial charge in [0.1, 0.15) is 0 Å². The fraction of sp³-hybridized carbons (Fsp3) is 0.750. The lowest BCUT2D eigenvalue weighted by Crippen LogP contribution is -2.29. The molecule has 1 rings (SSSR count). The van der Waals surface area contributed by atoms with E-state index in [9.17, 15) is 0 Å². The predicted octanol–water partition coefficient (Wildman–Crippen LogP) is 3.87. The fourth-order valence-corrected chi connectivity index (χ4v) is 2.83. The van der Waals surface area contributed by atoms with Crippen molar-refractivity contribution < 1.29 is 0 Å². The zero-order valence-electron chi connectivity index (χ0n) is 13.4. The van der Waals surface area contributed by atoms with E-state index >= 15 is 0 Å². The third kappa shape index (κ3) is 6.07.